The van der Waals surface area contributed by atoms with E-state index < -0.39 is 0 Å². The number of halogens is 1. The smallest absolute Gasteiger partial charge is 0.273 e. The van der Waals surface area contributed by atoms with Crippen molar-refractivity contribution in [2.24, 2.45) is 12.5 Å². The number of nitrogens with zero attached hydrogens (tertiary/aromatic N) is 4. The first-order chi connectivity index (χ1) is 17.4. The predicted molar refractivity (Wildman–Crippen MR) is 146 cm³/mol. The summed E-state index contributed by atoms with van der Waals surface area (Å²) in [7, 11) is 1.72. The van der Waals surface area contributed by atoms with Crippen molar-refractivity contribution in [3.8, 4) is 28.8 Å². The van der Waals surface area contributed by atoms with E-state index in [4.69, 9.17) is 11.6 Å². The van der Waals surface area contributed by atoms with Gasteiger partial charge < -0.3 is 14.9 Å². The number of aromatic nitrogens is 2. The van der Waals surface area contributed by atoms with Crippen LogP contribution < -0.4 is 4.90 Å². The number of rotatable bonds is 4. The topological polar surface area (TPSA) is 78.7 Å². The van der Waals surface area contributed by atoms with Crippen LogP contribution in [0.1, 0.15) is 54.1 Å². The summed E-state index contributed by atoms with van der Waals surface area (Å²) in [6, 6.07) is 12.3. The van der Waals surface area contributed by atoms with Gasteiger partial charge in [0.1, 0.15) is 17.1 Å². The van der Waals surface area contributed by atoms with E-state index in [-0.39, 0.29) is 22.9 Å². The Morgan fingerprint density at radius 3 is 2.27 bits per heavy atom. The zero-order valence-electron chi connectivity index (χ0n) is 21.8. The SMILES string of the molecule is CC(=O)c1ccc(N2CCN(C(=O)c3c(C#CC(C)(C)C)c(-c4cc(Cl)ccc4O)nn3C)CC2)cc1. The van der Waals surface area contributed by atoms with Crippen LogP contribution in [0.15, 0.2) is 42.5 Å². The number of ketones is 1. The third-order valence-electron chi connectivity index (χ3n) is 6.23. The Balaban J connectivity index is 1.64. The van der Waals surface area contributed by atoms with E-state index in [9.17, 15) is 14.7 Å². The first kappa shape index (κ1) is 26.3. The maximum Gasteiger partial charge on any atom is 0.273 e. The minimum Gasteiger partial charge on any atom is -0.507 e. The van der Waals surface area contributed by atoms with Crippen LogP contribution in [0.4, 0.5) is 5.69 Å². The van der Waals surface area contributed by atoms with Gasteiger partial charge in [0.15, 0.2) is 5.78 Å². The lowest BCUT2D eigenvalue weighted by Crippen LogP contribution is -2.49. The van der Waals surface area contributed by atoms with Gasteiger partial charge in [0.25, 0.3) is 5.91 Å². The molecule has 0 spiro atoms. The van der Waals surface area contributed by atoms with Gasteiger partial charge in [-0.2, -0.15) is 5.10 Å². The Kier molecular flexibility index (Phi) is 7.33. The number of carbonyl (C=O) groups is 2. The summed E-state index contributed by atoms with van der Waals surface area (Å²) in [4.78, 5) is 29.4. The van der Waals surface area contributed by atoms with Gasteiger partial charge in [-0.25, -0.2) is 0 Å². The van der Waals surface area contributed by atoms with E-state index in [0.29, 0.717) is 59.3 Å². The predicted octanol–water partition coefficient (Wildman–Crippen LogP) is 5.01. The molecule has 0 aliphatic carbocycles. The summed E-state index contributed by atoms with van der Waals surface area (Å²) in [6.45, 7) is 9.92. The molecule has 0 saturated carbocycles. The molecule has 1 aromatic heterocycles. The summed E-state index contributed by atoms with van der Waals surface area (Å²) in [5, 5.41) is 15.6. The van der Waals surface area contributed by atoms with Crippen LogP contribution in [0.2, 0.25) is 5.02 Å². The van der Waals surface area contributed by atoms with Gasteiger partial charge in [0.05, 0.1) is 5.56 Å². The van der Waals surface area contributed by atoms with Crippen molar-refractivity contribution < 1.29 is 14.7 Å². The number of phenols is 1. The van der Waals surface area contributed by atoms with Crippen molar-refractivity contribution >= 4 is 29.0 Å². The first-order valence-corrected chi connectivity index (χ1v) is 12.6. The van der Waals surface area contributed by atoms with E-state index in [0.717, 1.165) is 5.69 Å². The monoisotopic (exact) mass is 518 g/mol. The molecule has 1 N–H and O–H groups in total. The average molecular weight is 519 g/mol. The highest BCUT2D eigenvalue weighted by Crippen LogP contribution is 2.34. The van der Waals surface area contributed by atoms with E-state index in [2.05, 4.69) is 21.8 Å². The average Bonchev–Trinajstić information content (AvgIpc) is 3.19. The maximum atomic E-state index is 13.8. The molecule has 0 unspecified atom stereocenters. The highest BCUT2D eigenvalue weighted by atomic mass is 35.5. The number of phenolic OH excluding ortho intramolecular Hbond substituents is 1. The molecule has 0 radical (unpaired) electrons. The molecule has 2 aromatic carbocycles. The van der Waals surface area contributed by atoms with Gasteiger partial charge in [0, 0.05) is 60.5 Å². The van der Waals surface area contributed by atoms with Crippen LogP contribution in [0.25, 0.3) is 11.3 Å². The standard InChI is InChI=1S/C29H31ClN4O3/c1-19(35)20-6-9-22(10-7-20)33-14-16-34(17-15-33)28(37)27-23(12-13-29(2,3)4)26(31-32(27)5)24-18-21(30)8-11-25(24)36/h6-11,18,36H,14-17H2,1-5H3. The molecule has 8 heteroatoms. The zero-order valence-corrected chi connectivity index (χ0v) is 22.6. The lowest BCUT2D eigenvalue weighted by atomic mass is 9.96. The van der Waals surface area contributed by atoms with Gasteiger partial charge in [-0.3, -0.25) is 14.3 Å². The summed E-state index contributed by atoms with van der Waals surface area (Å²) in [5.74, 6) is 6.29. The highest BCUT2D eigenvalue weighted by Gasteiger charge is 2.29. The fourth-order valence-corrected chi connectivity index (χ4v) is 4.42. The molecule has 2 heterocycles. The minimum atomic E-state index is -0.298. The molecular formula is C29H31ClN4O3. The highest BCUT2D eigenvalue weighted by molar-refractivity contribution is 6.31. The number of piperazine rings is 1. The second kappa shape index (κ2) is 10.3. The van der Waals surface area contributed by atoms with Gasteiger partial charge in [0.2, 0.25) is 0 Å². The molecule has 37 heavy (non-hydrogen) atoms. The van der Waals surface area contributed by atoms with Crippen LogP contribution in [0.5, 0.6) is 5.75 Å². The first-order valence-electron chi connectivity index (χ1n) is 12.2. The van der Waals surface area contributed by atoms with Crippen LogP contribution in [-0.4, -0.2) is 57.7 Å². The molecule has 1 saturated heterocycles. The summed E-state index contributed by atoms with van der Waals surface area (Å²) < 4.78 is 1.54. The molecule has 1 aliphatic rings. The summed E-state index contributed by atoms with van der Waals surface area (Å²) in [6.07, 6.45) is 0. The molecule has 1 amide bonds. The third kappa shape index (κ3) is 5.81. The number of Topliss-reactive ketones (excluding diaryl/α,β-unsaturated/α-hetero) is 1. The third-order valence-corrected chi connectivity index (χ3v) is 6.47. The lowest BCUT2D eigenvalue weighted by molar-refractivity contribution is 0.0735. The van der Waals surface area contributed by atoms with E-state index in [1.165, 1.54) is 10.7 Å². The van der Waals surface area contributed by atoms with Crippen LogP contribution in [0, 0.1) is 17.3 Å². The van der Waals surface area contributed by atoms with Crippen LogP contribution >= 0.6 is 11.6 Å². The summed E-state index contributed by atoms with van der Waals surface area (Å²) in [5.41, 5.74) is 3.11. The van der Waals surface area contributed by atoms with Crippen molar-refractivity contribution in [3.63, 3.8) is 0 Å². The molecular weight excluding hydrogens is 488 g/mol. The van der Waals surface area contributed by atoms with E-state index >= 15 is 0 Å². The van der Waals surface area contributed by atoms with Crippen molar-refractivity contribution in [2.45, 2.75) is 27.7 Å². The number of benzene rings is 2. The van der Waals surface area contributed by atoms with E-state index in [1.54, 1.807) is 31.0 Å². The number of anilines is 1. The molecule has 1 aliphatic heterocycles. The van der Waals surface area contributed by atoms with Crippen molar-refractivity contribution in [1.82, 2.24) is 14.7 Å². The quantitative estimate of drug-likeness (QED) is 0.388. The van der Waals surface area contributed by atoms with Gasteiger partial charge in [-0.05, 0) is 70.2 Å². The molecule has 4 rings (SSSR count). The second-order valence-electron chi connectivity index (χ2n) is 10.2. The Morgan fingerprint density at radius 2 is 1.68 bits per heavy atom. The van der Waals surface area contributed by atoms with Crippen molar-refractivity contribution in [3.05, 3.63) is 64.3 Å². The number of hydrogen-bond acceptors (Lipinski definition) is 5. The normalized spacial score (nSPS) is 13.8. The second-order valence-corrected chi connectivity index (χ2v) is 10.7. The van der Waals surface area contributed by atoms with Gasteiger partial charge >= 0.3 is 0 Å². The fourth-order valence-electron chi connectivity index (χ4n) is 4.25. The molecule has 0 atom stereocenters. The zero-order chi connectivity index (χ0) is 26.9. The molecule has 192 valence electrons. The number of carbonyl (C=O) groups excluding carboxylic acids is 2. The number of amides is 1. The number of aryl methyl sites for hydroxylation is 1. The van der Waals surface area contributed by atoms with Crippen molar-refractivity contribution in [2.75, 3.05) is 31.1 Å². The number of aromatic hydroxyl groups is 1. The van der Waals surface area contributed by atoms with Gasteiger partial charge in [-0.15, -0.1) is 0 Å². The fraction of sp³-hybridized carbons (Fsp3) is 0.345. The van der Waals surface area contributed by atoms with E-state index in [1.807, 2.05) is 45.0 Å². The van der Waals surface area contributed by atoms with Crippen LogP contribution in [0.3, 0.4) is 0 Å². The number of hydrogen-bond donors (Lipinski definition) is 1. The molecule has 7 nitrogen and oxygen atoms in total. The Hall–Kier alpha value is -3.76. The molecule has 0 bridgehead atoms. The maximum absolute atomic E-state index is 13.8. The van der Waals surface area contributed by atoms with Crippen LogP contribution in [-0.2, 0) is 7.05 Å². The lowest BCUT2D eigenvalue weighted by Gasteiger charge is -2.36. The minimum absolute atomic E-state index is 0.0183. The summed E-state index contributed by atoms with van der Waals surface area (Å²) >= 11 is 6.21. The largest absolute Gasteiger partial charge is 0.507 e. The molecule has 1 fully saturated rings. The molecule has 3 aromatic rings. The Labute approximate surface area is 222 Å². The van der Waals surface area contributed by atoms with Crippen molar-refractivity contribution in [1.29, 1.82) is 0 Å². The Morgan fingerprint density at radius 1 is 1.03 bits per heavy atom. The Bertz CT molecular complexity index is 1400. The van der Waals surface area contributed by atoms with Gasteiger partial charge in [-0.1, -0.05) is 23.4 Å².